The topological polar surface area (TPSA) is 72.9 Å². The lowest BCUT2D eigenvalue weighted by atomic mass is 10.0. The molecule has 5 nitrogen and oxygen atoms in total. The largest absolute Gasteiger partial charge is 0.365 e. The first-order valence-electron chi connectivity index (χ1n) is 6.55. The van der Waals surface area contributed by atoms with Gasteiger partial charge in [0.15, 0.2) is 0 Å². The van der Waals surface area contributed by atoms with Crippen molar-refractivity contribution in [3.8, 4) is 11.3 Å². The second-order valence-corrected chi connectivity index (χ2v) is 5.53. The Kier molecular flexibility index (Phi) is 3.43. The number of nitrogens with two attached hydrogens (primary N) is 1. The van der Waals surface area contributed by atoms with Crippen LogP contribution in [-0.2, 0) is 13.1 Å². The molecule has 110 valence electrons. The minimum atomic E-state index is -0.553. The molecule has 1 aliphatic rings. The molecular weight excluding hydrogens is 295 g/mol. The first-order chi connectivity index (χ1) is 9.97. The van der Waals surface area contributed by atoms with E-state index in [9.17, 15) is 9.18 Å². The van der Waals surface area contributed by atoms with E-state index in [1.54, 1.807) is 10.7 Å². The van der Waals surface area contributed by atoms with Crippen molar-refractivity contribution in [1.29, 1.82) is 0 Å². The van der Waals surface area contributed by atoms with Crippen LogP contribution in [0.4, 0.5) is 4.39 Å². The number of rotatable bonds is 2. The molecule has 0 radical (unpaired) electrons. The van der Waals surface area contributed by atoms with E-state index in [1.165, 1.54) is 12.1 Å². The van der Waals surface area contributed by atoms with Crippen LogP contribution in [0, 0.1) is 5.82 Å². The predicted octanol–water partition coefficient (Wildman–Crippen LogP) is 1.93. The van der Waals surface area contributed by atoms with Crippen molar-refractivity contribution in [3.63, 3.8) is 0 Å². The zero-order valence-electron chi connectivity index (χ0n) is 11.4. The highest BCUT2D eigenvalue weighted by Crippen LogP contribution is 2.29. The minimum absolute atomic E-state index is 0.0135. The third-order valence-corrected chi connectivity index (χ3v) is 3.85. The van der Waals surface area contributed by atoms with E-state index in [2.05, 4.69) is 10.4 Å². The van der Waals surface area contributed by atoms with Gasteiger partial charge in [-0.25, -0.2) is 4.39 Å². The Balaban J connectivity index is 2.18. The third kappa shape index (κ3) is 2.41. The SMILES string of the molecule is CC1Cn2nc(-c3ccc(F)c(Cl)c3)c(C(N)=O)c2CN1. The first kappa shape index (κ1) is 14.0. The smallest absolute Gasteiger partial charge is 0.252 e. The molecule has 1 amide bonds. The molecule has 1 aromatic carbocycles. The summed E-state index contributed by atoms with van der Waals surface area (Å²) in [6, 6.07) is 4.50. The lowest BCUT2D eigenvalue weighted by Crippen LogP contribution is -2.37. The summed E-state index contributed by atoms with van der Waals surface area (Å²) in [5.41, 5.74) is 7.61. The van der Waals surface area contributed by atoms with Gasteiger partial charge in [-0.05, 0) is 25.1 Å². The van der Waals surface area contributed by atoms with Crippen LogP contribution in [-0.4, -0.2) is 21.7 Å². The van der Waals surface area contributed by atoms with Gasteiger partial charge in [0.05, 0.1) is 22.8 Å². The Bertz CT molecular complexity index is 728. The average molecular weight is 309 g/mol. The van der Waals surface area contributed by atoms with E-state index in [0.717, 1.165) is 5.69 Å². The molecule has 0 aliphatic carbocycles. The number of nitrogens with one attached hydrogen (secondary N) is 1. The standard InChI is InChI=1S/C14H14ClFN4O/c1-7-6-20-11(5-18-7)12(14(17)21)13(19-20)8-2-3-10(16)9(15)4-8/h2-4,7,18H,5-6H2,1H3,(H2,17,21). The van der Waals surface area contributed by atoms with Gasteiger partial charge in [0, 0.05) is 18.2 Å². The van der Waals surface area contributed by atoms with Crippen LogP contribution in [0.2, 0.25) is 5.02 Å². The van der Waals surface area contributed by atoms with E-state index in [1.807, 2.05) is 6.92 Å². The molecule has 3 rings (SSSR count). The maximum atomic E-state index is 13.3. The zero-order chi connectivity index (χ0) is 15.1. The minimum Gasteiger partial charge on any atom is -0.365 e. The number of carbonyl (C=O) groups is 1. The van der Waals surface area contributed by atoms with Gasteiger partial charge < -0.3 is 11.1 Å². The second kappa shape index (κ2) is 5.13. The summed E-state index contributed by atoms with van der Waals surface area (Å²) in [7, 11) is 0. The number of benzene rings is 1. The summed E-state index contributed by atoms with van der Waals surface area (Å²) in [5.74, 6) is -1.07. The molecule has 3 N–H and O–H groups in total. The number of halogens is 2. The van der Waals surface area contributed by atoms with E-state index in [0.29, 0.717) is 29.9 Å². The Morgan fingerprint density at radius 1 is 1.57 bits per heavy atom. The molecule has 0 spiro atoms. The van der Waals surface area contributed by atoms with Gasteiger partial charge in [0.1, 0.15) is 11.5 Å². The van der Waals surface area contributed by atoms with Crippen molar-refractivity contribution in [2.24, 2.45) is 5.73 Å². The zero-order valence-corrected chi connectivity index (χ0v) is 12.1. The second-order valence-electron chi connectivity index (χ2n) is 5.13. The van der Waals surface area contributed by atoms with E-state index >= 15 is 0 Å². The number of aromatic nitrogens is 2. The number of fused-ring (bicyclic) bond motifs is 1. The van der Waals surface area contributed by atoms with E-state index in [4.69, 9.17) is 17.3 Å². The number of primary amides is 1. The van der Waals surface area contributed by atoms with Gasteiger partial charge >= 0.3 is 0 Å². The van der Waals surface area contributed by atoms with Crippen molar-refractivity contribution in [1.82, 2.24) is 15.1 Å². The van der Waals surface area contributed by atoms with Crippen molar-refractivity contribution >= 4 is 17.5 Å². The van der Waals surface area contributed by atoms with Gasteiger partial charge in [0.2, 0.25) is 0 Å². The molecule has 1 aliphatic heterocycles. The summed E-state index contributed by atoms with van der Waals surface area (Å²) < 4.78 is 15.1. The average Bonchev–Trinajstić information content (AvgIpc) is 2.80. The Morgan fingerprint density at radius 2 is 2.33 bits per heavy atom. The van der Waals surface area contributed by atoms with Crippen LogP contribution >= 0.6 is 11.6 Å². The molecule has 7 heteroatoms. The molecule has 0 saturated heterocycles. The predicted molar refractivity (Wildman–Crippen MR) is 77.5 cm³/mol. The fourth-order valence-corrected chi connectivity index (χ4v) is 2.71. The number of hydrogen-bond acceptors (Lipinski definition) is 3. The van der Waals surface area contributed by atoms with Gasteiger partial charge in [-0.3, -0.25) is 9.48 Å². The Labute approximate surface area is 125 Å². The Hall–Kier alpha value is -1.92. The molecule has 2 aromatic rings. The van der Waals surface area contributed by atoms with Crippen LogP contribution in [0.1, 0.15) is 23.0 Å². The number of hydrogen-bond donors (Lipinski definition) is 2. The van der Waals surface area contributed by atoms with Gasteiger partial charge in [-0.2, -0.15) is 5.10 Å². The number of amides is 1. The van der Waals surface area contributed by atoms with Crippen molar-refractivity contribution < 1.29 is 9.18 Å². The van der Waals surface area contributed by atoms with Crippen LogP contribution in [0.5, 0.6) is 0 Å². The molecule has 0 saturated carbocycles. The van der Waals surface area contributed by atoms with Crippen molar-refractivity contribution in [3.05, 3.63) is 40.3 Å². The summed E-state index contributed by atoms with van der Waals surface area (Å²) in [4.78, 5) is 11.8. The highest BCUT2D eigenvalue weighted by Gasteiger charge is 2.26. The van der Waals surface area contributed by atoms with Gasteiger partial charge in [0.25, 0.3) is 5.91 Å². The molecule has 0 bridgehead atoms. The van der Waals surface area contributed by atoms with Crippen molar-refractivity contribution in [2.45, 2.75) is 26.1 Å². The van der Waals surface area contributed by atoms with E-state index < -0.39 is 11.7 Å². The van der Waals surface area contributed by atoms with Crippen LogP contribution in [0.3, 0.4) is 0 Å². The van der Waals surface area contributed by atoms with E-state index in [-0.39, 0.29) is 11.1 Å². The normalized spacial score (nSPS) is 17.6. The fourth-order valence-electron chi connectivity index (χ4n) is 2.53. The van der Waals surface area contributed by atoms with Crippen LogP contribution in [0.15, 0.2) is 18.2 Å². The number of carbonyl (C=O) groups excluding carboxylic acids is 1. The van der Waals surface area contributed by atoms with Crippen LogP contribution < -0.4 is 11.1 Å². The molecule has 0 fully saturated rings. The van der Waals surface area contributed by atoms with Crippen LogP contribution in [0.25, 0.3) is 11.3 Å². The maximum absolute atomic E-state index is 13.3. The lowest BCUT2D eigenvalue weighted by molar-refractivity contribution is 0.0999. The van der Waals surface area contributed by atoms with Gasteiger partial charge in [-0.1, -0.05) is 11.6 Å². The quantitative estimate of drug-likeness (QED) is 0.890. The Morgan fingerprint density at radius 3 is 3.00 bits per heavy atom. The monoisotopic (exact) mass is 308 g/mol. The third-order valence-electron chi connectivity index (χ3n) is 3.56. The molecule has 1 atom stereocenters. The molecule has 2 heterocycles. The summed E-state index contributed by atoms with van der Waals surface area (Å²) in [6.07, 6.45) is 0. The van der Waals surface area contributed by atoms with Gasteiger partial charge in [-0.15, -0.1) is 0 Å². The highest BCUT2D eigenvalue weighted by atomic mass is 35.5. The van der Waals surface area contributed by atoms with Crippen molar-refractivity contribution in [2.75, 3.05) is 0 Å². The lowest BCUT2D eigenvalue weighted by Gasteiger charge is -2.21. The molecule has 1 unspecified atom stereocenters. The summed E-state index contributed by atoms with van der Waals surface area (Å²) in [5, 5.41) is 7.71. The molecule has 21 heavy (non-hydrogen) atoms. The summed E-state index contributed by atoms with van der Waals surface area (Å²) >= 11 is 5.81. The highest BCUT2D eigenvalue weighted by molar-refractivity contribution is 6.31. The fraction of sp³-hybridized carbons (Fsp3) is 0.286. The first-order valence-corrected chi connectivity index (χ1v) is 6.93. The number of nitrogens with zero attached hydrogens (tertiary/aromatic N) is 2. The summed E-state index contributed by atoms with van der Waals surface area (Å²) in [6.45, 7) is 3.19. The molecule has 1 aromatic heterocycles. The maximum Gasteiger partial charge on any atom is 0.252 e. The molecular formula is C14H14ClFN4O.